The summed E-state index contributed by atoms with van der Waals surface area (Å²) in [6.45, 7) is 1.31. The molecule has 2 aromatic heterocycles. The van der Waals surface area contributed by atoms with Gasteiger partial charge in [-0.3, -0.25) is 4.79 Å². The Morgan fingerprint density at radius 1 is 1.00 bits per heavy atom. The highest BCUT2D eigenvalue weighted by Crippen LogP contribution is 2.40. The maximum Gasteiger partial charge on any atom is 0.272 e. The SMILES string of the molecule is O=c1[nH]nc(C(O)(O)c2ccc(F)c(P3CCN(c4ncccn4)CC3)c2)c2ccc(F)cc12. The summed E-state index contributed by atoms with van der Waals surface area (Å²) in [5.41, 5.74) is -0.930. The number of fused-ring (bicyclic) bond motifs is 1. The molecule has 8 nitrogen and oxygen atoms in total. The van der Waals surface area contributed by atoms with Crippen molar-refractivity contribution in [3.63, 3.8) is 0 Å². The fourth-order valence-electron chi connectivity index (χ4n) is 4.11. The van der Waals surface area contributed by atoms with Crippen LogP contribution in [-0.4, -0.2) is 55.8 Å². The first kappa shape index (κ1) is 22.5. The van der Waals surface area contributed by atoms with Gasteiger partial charge in [0.1, 0.15) is 17.3 Å². The normalized spacial score (nSPS) is 15.1. The van der Waals surface area contributed by atoms with E-state index in [-0.39, 0.29) is 22.0 Å². The lowest BCUT2D eigenvalue weighted by molar-refractivity contribution is -0.134. The van der Waals surface area contributed by atoms with Crippen LogP contribution >= 0.6 is 7.92 Å². The molecule has 2 aromatic carbocycles. The largest absolute Gasteiger partial charge is 0.357 e. The Balaban J connectivity index is 1.47. The molecule has 34 heavy (non-hydrogen) atoms. The minimum atomic E-state index is -2.64. The number of nitrogens with zero attached hydrogens (tertiary/aromatic N) is 4. The van der Waals surface area contributed by atoms with Gasteiger partial charge in [0.2, 0.25) is 11.7 Å². The quantitative estimate of drug-likeness (QED) is 0.300. The number of H-pyrrole nitrogens is 1. The van der Waals surface area contributed by atoms with Crippen LogP contribution in [0.25, 0.3) is 10.8 Å². The molecule has 0 amide bonds. The van der Waals surface area contributed by atoms with E-state index in [0.29, 0.717) is 36.7 Å². The summed E-state index contributed by atoms with van der Waals surface area (Å²) in [7, 11) is -0.903. The molecule has 0 spiro atoms. The number of rotatable bonds is 4. The minimum Gasteiger partial charge on any atom is -0.357 e. The van der Waals surface area contributed by atoms with Gasteiger partial charge in [-0.15, -0.1) is 0 Å². The third-order valence-electron chi connectivity index (χ3n) is 5.88. The number of aromatic nitrogens is 4. The highest BCUT2D eigenvalue weighted by Gasteiger charge is 2.35. The van der Waals surface area contributed by atoms with E-state index < -0.39 is 30.9 Å². The van der Waals surface area contributed by atoms with E-state index in [0.717, 1.165) is 12.1 Å². The number of hydrogen-bond donors (Lipinski definition) is 3. The third-order valence-corrected chi connectivity index (χ3v) is 8.39. The second kappa shape index (κ2) is 8.79. The molecule has 4 aromatic rings. The predicted molar refractivity (Wildman–Crippen MR) is 124 cm³/mol. The van der Waals surface area contributed by atoms with E-state index in [9.17, 15) is 23.8 Å². The highest BCUT2D eigenvalue weighted by atomic mass is 31.1. The van der Waals surface area contributed by atoms with Gasteiger partial charge < -0.3 is 15.1 Å². The first-order valence-corrected chi connectivity index (χ1v) is 12.3. The summed E-state index contributed by atoms with van der Waals surface area (Å²) < 4.78 is 28.5. The van der Waals surface area contributed by atoms with Crippen LogP contribution < -0.4 is 15.8 Å². The number of hydrogen-bond acceptors (Lipinski definition) is 7. The van der Waals surface area contributed by atoms with Gasteiger partial charge in [0.25, 0.3) is 5.56 Å². The van der Waals surface area contributed by atoms with Crippen LogP contribution in [0.5, 0.6) is 0 Å². The van der Waals surface area contributed by atoms with Crippen molar-refractivity contribution in [2.24, 2.45) is 0 Å². The van der Waals surface area contributed by atoms with Crippen LogP contribution in [0.2, 0.25) is 0 Å². The average molecular weight is 483 g/mol. The molecule has 1 fully saturated rings. The highest BCUT2D eigenvalue weighted by molar-refractivity contribution is 7.65. The van der Waals surface area contributed by atoms with Crippen molar-refractivity contribution in [3.8, 4) is 0 Å². The molecule has 0 bridgehead atoms. The van der Waals surface area contributed by atoms with E-state index in [1.807, 2.05) is 4.90 Å². The van der Waals surface area contributed by atoms with Gasteiger partial charge in [0.15, 0.2) is 0 Å². The van der Waals surface area contributed by atoms with E-state index in [2.05, 4.69) is 20.2 Å². The van der Waals surface area contributed by atoms with Gasteiger partial charge in [-0.25, -0.2) is 23.8 Å². The lowest BCUT2D eigenvalue weighted by atomic mass is 9.98. The van der Waals surface area contributed by atoms with Crippen molar-refractivity contribution in [1.82, 2.24) is 20.2 Å². The van der Waals surface area contributed by atoms with Gasteiger partial charge >= 0.3 is 0 Å². The van der Waals surface area contributed by atoms with Crippen LogP contribution in [0, 0.1) is 11.6 Å². The summed E-state index contributed by atoms with van der Waals surface area (Å²) in [5, 5.41) is 28.6. The first-order valence-electron chi connectivity index (χ1n) is 10.5. The molecular formula is C23H20F2N5O3P. The Morgan fingerprint density at radius 3 is 2.47 bits per heavy atom. The summed E-state index contributed by atoms with van der Waals surface area (Å²) in [6.07, 6.45) is 4.73. The predicted octanol–water partition coefficient (Wildman–Crippen LogP) is 1.80. The van der Waals surface area contributed by atoms with Crippen LogP contribution in [-0.2, 0) is 5.79 Å². The molecule has 0 atom stereocenters. The Bertz CT molecular complexity index is 1410. The van der Waals surface area contributed by atoms with Crippen LogP contribution in [0.1, 0.15) is 11.3 Å². The Hall–Kier alpha value is -3.33. The number of anilines is 1. The van der Waals surface area contributed by atoms with Crippen molar-refractivity contribution in [2.45, 2.75) is 5.79 Å². The molecule has 0 saturated carbocycles. The summed E-state index contributed by atoms with van der Waals surface area (Å²) in [6, 6.07) is 9.02. The van der Waals surface area contributed by atoms with Gasteiger partial charge in [-0.05, 0) is 48.7 Å². The second-order valence-electron chi connectivity index (χ2n) is 7.95. The van der Waals surface area contributed by atoms with E-state index in [1.54, 1.807) is 18.5 Å². The van der Waals surface area contributed by atoms with Crippen LogP contribution in [0.4, 0.5) is 14.7 Å². The average Bonchev–Trinajstić information content (AvgIpc) is 2.85. The first-order chi connectivity index (χ1) is 16.3. The number of benzene rings is 2. The minimum absolute atomic E-state index is 0.00500. The molecule has 5 rings (SSSR count). The maximum atomic E-state index is 14.8. The van der Waals surface area contributed by atoms with Crippen molar-refractivity contribution in [3.05, 3.63) is 88.1 Å². The number of aliphatic hydroxyl groups is 2. The molecule has 3 N–H and O–H groups in total. The number of halogens is 2. The van der Waals surface area contributed by atoms with Crippen LogP contribution in [0.15, 0.2) is 59.7 Å². The Labute approximate surface area is 193 Å². The third kappa shape index (κ3) is 4.04. The lowest BCUT2D eigenvalue weighted by Crippen LogP contribution is -2.37. The number of nitrogens with one attached hydrogen (secondary N) is 1. The van der Waals surface area contributed by atoms with Crippen LogP contribution in [0.3, 0.4) is 0 Å². The van der Waals surface area contributed by atoms with Crippen molar-refractivity contribution in [2.75, 3.05) is 30.3 Å². The van der Waals surface area contributed by atoms with Crippen molar-refractivity contribution in [1.29, 1.82) is 0 Å². The molecule has 0 unspecified atom stereocenters. The molecular weight excluding hydrogens is 463 g/mol. The molecule has 1 saturated heterocycles. The topological polar surface area (TPSA) is 115 Å². The standard InChI is InChI=1S/C23H20F2N5O3P/c24-15-3-4-16-17(13-15)21(31)29-28-20(16)23(32,33)14-2-5-18(25)19(12-14)34-10-8-30(9-11-34)22-26-6-1-7-27-22/h1-7,12-13,32-33H,8-11H2,(H,29,31). The molecule has 1 aliphatic rings. The molecule has 3 heterocycles. The van der Waals surface area contributed by atoms with E-state index in [1.165, 1.54) is 24.3 Å². The van der Waals surface area contributed by atoms with Gasteiger partial charge in [0.05, 0.1) is 5.39 Å². The smallest absolute Gasteiger partial charge is 0.272 e. The van der Waals surface area contributed by atoms with Gasteiger partial charge in [0, 0.05) is 41.7 Å². The molecule has 0 radical (unpaired) electrons. The zero-order chi connectivity index (χ0) is 23.9. The second-order valence-corrected chi connectivity index (χ2v) is 10.4. The maximum absolute atomic E-state index is 14.8. The van der Waals surface area contributed by atoms with E-state index in [4.69, 9.17) is 0 Å². The van der Waals surface area contributed by atoms with Gasteiger partial charge in [-0.1, -0.05) is 14.0 Å². The Kier molecular flexibility index (Phi) is 5.81. The summed E-state index contributed by atoms with van der Waals surface area (Å²) in [5.74, 6) is -3.08. The van der Waals surface area contributed by atoms with Crippen molar-refractivity contribution >= 4 is 29.9 Å². The fraction of sp³-hybridized carbons (Fsp3) is 0.217. The number of aromatic amines is 1. The zero-order valence-electron chi connectivity index (χ0n) is 17.8. The lowest BCUT2D eigenvalue weighted by Gasteiger charge is -2.33. The monoisotopic (exact) mass is 483 g/mol. The fourth-order valence-corrected chi connectivity index (χ4v) is 6.48. The van der Waals surface area contributed by atoms with Gasteiger partial charge in [-0.2, -0.15) is 5.10 Å². The summed E-state index contributed by atoms with van der Waals surface area (Å²) in [4.78, 5) is 22.6. The summed E-state index contributed by atoms with van der Waals surface area (Å²) >= 11 is 0. The molecule has 1 aliphatic heterocycles. The molecule has 11 heteroatoms. The van der Waals surface area contributed by atoms with Crippen molar-refractivity contribution < 1.29 is 19.0 Å². The molecule has 0 aliphatic carbocycles. The van der Waals surface area contributed by atoms with E-state index >= 15 is 0 Å². The Morgan fingerprint density at radius 2 is 1.74 bits per heavy atom. The molecule has 174 valence electrons. The zero-order valence-corrected chi connectivity index (χ0v) is 18.7.